The summed E-state index contributed by atoms with van der Waals surface area (Å²) < 4.78 is 7.08. The number of ether oxygens (including phenoxy) is 1. The molecule has 0 amide bonds. The Morgan fingerprint density at radius 1 is 1.62 bits per heavy atom. The lowest BCUT2D eigenvalue weighted by molar-refractivity contribution is -0.141. The van der Waals surface area contributed by atoms with Gasteiger partial charge in [-0.15, -0.1) is 0 Å². The lowest BCUT2D eigenvalue weighted by atomic mass is 9.89. The first-order chi connectivity index (χ1) is 7.22. The van der Waals surface area contributed by atoms with Gasteiger partial charge in [0.15, 0.2) is 0 Å². The molecule has 0 aliphatic carbocycles. The number of rotatable bonds is 3. The highest BCUT2D eigenvalue weighted by Gasteiger charge is 2.35. The lowest BCUT2D eigenvalue weighted by Crippen LogP contribution is -3.00. The number of hydrogen-bond donors (Lipinski definition) is 0. The second-order valence-corrected chi connectivity index (χ2v) is 4.10. The molecule has 0 spiro atoms. The van der Waals surface area contributed by atoms with Crippen LogP contribution in [0.15, 0.2) is 12.5 Å². The van der Waals surface area contributed by atoms with E-state index in [4.69, 9.17) is 4.74 Å². The van der Waals surface area contributed by atoms with Crippen molar-refractivity contribution in [2.45, 2.75) is 19.8 Å². The molecule has 0 N–H and O–H groups in total. The minimum atomic E-state index is -0.0373. The molecule has 0 bridgehead atoms. The predicted octanol–water partition coefficient (Wildman–Crippen LogP) is -1.83. The van der Waals surface area contributed by atoms with E-state index in [9.17, 15) is 4.79 Å². The second kappa shape index (κ2) is 5.34. The van der Waals surface area contributed by atoms with E-state index >= 15 is 0 Å². The summed E-state index contributed by atoms with van der Waals surface area (Å²) in [6.07, 6.45) is 5.38. The highest BCUT2D eigenvalue weighted by Crippen LogP contribution is 2.27. The van der Waals surface area contributed by atoms with E-state index in [1.54, 1.807) is 6.33 Å². The standard InChI is InChI=1S/C11H16N2O2.ClH/c1-3-10-8(6-15-11(10)14)4-9-5-12-7-13(9)2;/h5,7-8,10H,3-4,6H2,1-2H3;1H/p-1/t8-,10-;/m0./s1. The van der Waals surface area contributed by atoms with Crippen molar-refractivity contribution >= 4 is 5.97 Å². The molecular formula is C11H16ClN2O2-. The third kappa shape index (κ3) is 2.38. The topological polar surface area (TPSA) is 44.1 Å². The maximum atomic E-state index is 11.4. The summed E-state index contributed by atoms with van der Waals surface area (Å²) >= 11 is 0. The van der Waals surface area contributed by atoms with Crippen molar-refractivity contribution in [1.82, 2.24) is 9.55 Å². The summed E-state index contributed by atoms with van der Waals surface area (Å²) in [5, 5.41) is 0. The molecule has 0 unspecified atom stereocenters. The number of halogens is 1. The maximum Gasteiger partial charge on any atom is 0.309 e. The molecule has 2 atom stereocenters. The van der Waals surface area contributed by atoms with Crippen LogP contribution in [0.5, 0.6) is 0 Å². The Kier molecular flexibility index (Phi) is 4.35. The SMILES string of the molecule is CC[C@@H]1C(=O)OC[C@@H]1Cc1cncn1C.[Cl-]. The minimum absolute atomic E-state index is 0. The molecule has 1 saturated heterocycles. The molecule has 2 rings (SSSR count). The van der Waals surface area contributed by atoms with Gasteiger partial charge in [-0.3, -0.25) is 4.79 Å². The second-order valence-electron chi connectivity index (χ2n) is 4.10. The van der Waals surface area contributed by atoms with Crippen molar-refractivity contribution in [2.75, 3.05) is 6.61 Å². The zero-order valence-electron chi connectivity index (χ0n) is 9.52. The third-order valence-corrected chi connectivity index (χ3v) is 3.14. The molecule has 0 aromatic carbocycles. The highest BCUT2D eigenvalue weighted by molar-refractivity contribution is 5.74. The number of esters is 1. The summed E-state index contributed by atoms with van der Waals surface area (Å²) in [6, 6.07) is 0. The number of cyclic esters (lactones) is 1. The van der Waals surface area contributed by atoms with E-state index in [-0.39, 0.29) is 24.3 Å². The minimum Gasteiger partial charge on any atom is -1.00 e. The van der Waals surface area contributed by atoms with E-state index in [1.165, 1.54) is 0 Å². The first kappa shape index (κ1) is 13.0. The van der Waals surface area contributed by atoms with Gasteiger partial charge in [-0.2, -0.15) is 0 Å². The number of imidazole rings is 1. The Morgan fingerprint density at radius 2 is 2.38 bits per heavy atom. The van der Waals surface area contributed by atoms with E-state index in [0.717, 1.165) is 18.5 Å². The van der Waals surface area contributed by atoms with Gasteiger partial charge >= 0.3 is 5.97 Å². The lowest BCUT2D eigenvalue weighted by Gasteiger charge is -2.12. The largest absolute Gasteiger partial charge is 1.00 e. The molecule has 0 radical (unpaired) electrons. The van der Waals surface area contributed by atoms with Crippen LogP contribution in [0.3, 0.4) is 0 Å². The van der Waals surface area contributed by atoms with Crippen molar-refractivity contribution in [3.05, 3.63) is 18.2 Å². The average molecular weight is 244 g/mol. The Balaban J connectivity index is 0.00000128. The van der Waals surface area contributed by atoms with Crippen LogP contribution in [-0.4, -0.2) is 22.1 Å². The van der Waals surface area contributed by atoms with Crippen LogP contribution in [-0.2, 0) is 23.0 Å². The Bertz CT molecular complexity index is 365. The van der Waals surface area contributed by atoms with Gasteiger partial charge in [0, 0.05) is 24.9 Å². The summed E-state index contributed by atoms with van der Waals surface area (Å²) in [5.41, 5.74) is 1.16. The average Bonchev–Trinajstić information content (AvgIpc) is 2.76. The highest BCUT2D eigenvalue weighted by atomic mass is 35.5. The fourth-order valence-corrected chi connectivity index (χ4v) is 2.16. The van der Waals surface area contributed by atoms with Crippen molar-refractivity contribution in [2.24, 2.45) is 18.9 Å². The number of carbonyl (C=O) groups excluding carboxylic acids is 1. The smallest absolute Gasteiger partial charge is 0.309 e. The van der Waals surface area contributed by atoms with Crippen LogP contribution < -0.4 is 12.4 Å². The molecule has 1 aliphatic rings. The van der Waals surface area contributed by atoms with Gasteiger partial charge in [0.2, 0.25) is 0 Å². The van der Waals surface area contributed by atoms with Crippen LogP contribution in [0.2, 0.25) is 0 Å². The van der Waals surface area contributed by atoms with Gasteiger partial charge in [0.25, 0.3) is 0 Å². The molecule has 5 heteroatoms. The molecule has 0 saturated carbocycles. The van der Waals surface area contributed by atoms with E-state index in [1.807, 2.05) is 24.7 Å². The summed E-state index contributed by atoms with van der Waals surface area (Å²) in [6.45, 7) is 2.59. The van der Waals surface area contributed by atoms with Crippen molar-refractivity contribution in [3.63, 3.8) is 0 Å². The molecule has 90 valence electrons. The Morgan fingerprint density at radius 3 is 2.94 bits per heavy atom. The first-order valence-corrected chi connectivity index (χ1v) is 5.34. The maximum absolute atomic E-state index is 11.4. The normalized spacial score (nSPS) is 24.0. The Hall–Kier alpha value is -1.03. The van der Waals surface area contributed by atoms with E-state index in [2.05, 4.69) is 4.98 Å². The quantitative estimate of drug-likeness (QED) is 0.587. The monoisotopic (exact) mass is 243 g/mol. The van der Waals surface area contributed by atoms with Crippen LogP contribution >= 0.6 is 0 Å². The van der Waals surface area contributed by atoms with E-state index in [0.29, 0.717) is 12.5 Å². The molecule has 1 aromatic heterocycles. The van der Waals surface area contributed by atoms with Gasteiger partial charge in [0.1, 0.15) is 0 Å². The van der Waals surface area contributed by atoms with Crippen LogP contribution in [0.25, 0.3) is 0 Å². The number of aryl methyl sites for hydroxylation is 1. The van der Waals surface area contributed by atoms with Gasteiger partial charge in [0.05, 0.1) is 18.9 Å². The molecule has 1 fully saturated rings. The zero-order valence-corrected chi connectivity index (χ0v) is 10.3. The number of hydrogen-bond acceptors (Lipinski definition) is 3. The summed E-state index contributed by atoms with van der Waals surface area (Å²) in [4.78, 5) is 15.5. The third-order valence-electron chi connectivity index (χ3n) is 3.14. The molecule has 1 aliphatic heterocycles. The van der Waals surface area contributed by atoms with Crippen LogP contribution in [0.1, 0.15) is 19.0 Å². The fraction of sp³-hybridized carbons (Fsp3) is 0.636. The van der Waals surface area contributed by atoms with E-state index < -0.39 is 0 Å². The number of nitrogens with zero attached hydrogens (tertiary/aromatic N) is 2. The van der Waals surface area contributed by atoms with Gasteiger partial charge < -0.3 is 21.7 Å². The summed E-state index contributed by atoms with van der Waals surface area (Å²) in [7, 11) is 1.97. The van der Waals surface area contributed by atoms with Crippen LogP contribution in [0, 0.1) is 11.8 Å². The molecule has 4 nitrogen and oxygen atoms in total. The van der Waals surface area contributed by atoms with Crippen molar-refractivity contribution in [3.8, 4) is 0 Å². The first-order valence-electron chi connectivity index (χ1n) is 5.34. The predicted molar refractivity (Wildman–Crippen MR) is 55.1 cm³/mol. The van der Waals surface area contributed by atoms with Crippen LogP contribution in [0.4, 0.5) is 0 Å². The van der Waals surface area contributed by atoms with Crippen molar-refractivity contribution in [1.29, 1.82) is 0 Å². The molecule has 16 heavy (non-hydrogen) atoms. The zero-order chi connectivity index (χ0) is 10.8. The molecule has 1 aromatic rings. The van der Waals surface area contributed by atoms with Crippen molar-refractivity contribution < 1.29 is 21.9 Å². The molecular weight excluding hydrogens is 228 g/mol. The number of aromatic nitrogens is 2. The van der Waals surface area contributed by atoms with Gasteiger partial charge in [-0.05, 0) is 12.8 Å². The van der Waals surface area contributed by atoms with Gasteiger partial charge in [-0.1, -0.05) is 6.92 Å². The molecule has 2 heterocycles. The Labute approximate surface area is 101 Å². The number of carbonyl (C=O) groups is 1. The summed E-state index contributed by atoms with van der Waals surface area (Å²) in [5.74, 6) is 0.350. The fourth-order valence-electron chi connectivity index (χ4n) is 2.16. The van der Waals surface area contributed by atoms with Gasteiger partial charge in [-0.25, -0.2) is 4.98 Å².